The number of ether oxygens (including phenoxy) is 1. The lowest BCUT2D eigenvalue weighted by Gasteiger charge is -2.33. The Morgan fingerprint density at radius 2 is 2.21 bits per heavy atom. The van der Waals surface area contributed by atoms with E-state index in [0.717, 1.165) is 25.7 Å². The molecule has 0 spiro atoms. The lowest BCUT2D eigenvalue weighted by atomic mass is 9.90. The van der Waals surface area contributed by atoms with Crippen LogP contribution in [0.2, 0.25) is 0 Å². The fraction of sp³-hybridized carbons (Fsp3) is 1.00. The largest absolute Gasteiger partial charge is 0.382 e. The number of nitrogens with one attached hydrogen (secondary N) is 1. The summed E-state index contributed by atoms with van der Waals surface area (Å²) >= 11 is 0. The first kappa shape index (κ1) is 16.8. The van der Waals surface area contributed by atoms with Crippen LogP contribution < -0.4 is 11.3 Å². The second-order valence-corrected chi connectivity index (χ2v) is 7.49. The quantitative estimate of drug-likeness (QED) is 0.521. The Kier molecular flexibility index (Phi) is 6.68. The van der Waals surface area contributed by atoms with Gasteiger partial charge in [0.25, 0.3) is 0 Å². The molecular weight excluding hydrogens is 266 g/mol. The predicted molar refractivity (Wildman–Crippen MR) is 76.0 cm³/mol. The number of hydrogen-bond donors (Lipinski definition) is 2. The van der Waals surface area contributed by atoms with Crippen LogP contribution in [0.1, 0.15) is 32.6 Å². The number of hydrazine groups is 1. The van der Waals surface area contributed by atoms with Crippen molar-refractivity contribution in [2.75, 3.05) is 26.5 Å². The van der Waals surface area contributed by atoms with Gasteiger partial charge < -0.3 is 4.74 Å². The number of methoxy groups -OCH3 is 1. The summed E-state index contributed by atoms with van der Waals surface area (Å²) in [7, 11) is -1.39. The van der Waals surface area contributed by atoms with Crippen molar-refractivity contribution in [1.29, 1.82) is 0 Å². The van der Waals surface area contributed by atoms with Gasteiger partial charge in [0.1, 0.15) is 0 Å². The first-order valence-electron chi connectivity index (χ1n) is 6.80. The van der Waals surface area contributed by atoms with E-state index in [-0.39, 0.29) is 12.1 Å². The van der Waals surface area contributed by atoms with E-state index >= 15 is 0 Å². The number of nitrogens with zero attached hydrogens (tertiary/aromatic N) is 1. The Morgan fingerprint density at radius 1 is 1.53 bits per heavy atom. The highest BCUT2D eigenvalue weighted by atomic mass is 32.2. The maximum atomic E-state index is 11.6. The smallest absolute Gasteiger partial charge is 0.211 e. The number of sulfonamides is 1. The van der Waals surface area contributed by atoms with Gasteiger partial charge in [0, 0.05) is 26.2 Å². The van der Waals surface area contributed by atoms with E-state index in [1.54, 1.807) is 11.4 Å². The molecule has 1 aliphatic rings. The minimum atomic E-state index is -3.07. The molecular formula is C12H27N3O3S. The zero-order chi connectivity index (χ0) is 14.5. The van der Waals surface area contributed by atoms with E-state index in [1.165, 1.54) is 6.26 Å². The van der Waals surface area contributed by atoms with E-state index in [2.05, 4.69) is 5.43 Å². The summed E-state index contributed by atoms with van der Waals surface area (Å²) in [5.41, 5.74) is 2.82. The van der Waals surface area contributed by atoms with Crippen LogP contribution in [0.15, 0.2) is 0 Å². The Morgan fingerprint density at radius 3 is 2.74 bits per heavy atom. The van der Waals surface area contributed by atoms with Crippen molar-refractivity contribution in [3.8, 4) is 0 Å². The fourth-order valence-electron chi connectivity index (χ4n) is 2.65. The average Bonchev–Trinajstić information content (AvgIpc) is 2.37. The van der Waals surface area contributed by atoms with Gasteiger partial charge >= 0.3 is 0 Å². The normalized spacial score (nSPS) is 25.2. The van der Waals surface area contributed by atoms with E-state index < -0.39 is 10.0 Å². The van der Waals surface area contributed by atoms with Crippen molar-refractivity contribution in [3.63, 3.8) is 0 Å². The molecule has 0 aromatic carbocycles. The Hall–Kier alpha value is -0.210. The van der Waals surface area contributed by atoms with Gasteiger partial charge in [-0.3, -0.25) is 11.3 Å². The van der Waals surface area contributed by atoms with Crippen LogP contribution in [-0.2, 0) is 14.8 Å². The van der Waals surface area contributed by atoms with Crippen molar-refractivity contribution < 1.29 is 13.2 Å². The molecule has 1 rings (SSSR count). The molecule has 19 heavy (non-hydrogen) atoms. The monoisotopic (exact) mass is 293 g/mol. The van der Waals surface area contributed by atoms with Gasteiger partial charge in [-0.2, -0.15) is 0 Å². The van der Waals surface area contributed by atoms with Gasteiger partial charge in [0.2, 0.25) is 10.0 Å². The third kappa shape index (κ3) is 5.74. The molecule has 1 saturated heterocycles. The van der Waals surface area contributed by atoms with E-state index in [1.807, 2.05) is 6.92 Å². The molecule has 3 N–H and O–H groups in total. The first-order valence-corrected chi connectivity index (χ1v) is 8.65. The van der Waals surface area contributed by atoms with Crippen LogP contribution in [0.4, 0.5) is 0 Å². The summed E-state index contributed by atoms with van der Waals surface area (Å²) in [4.78, 5) is 0. The molecule has 114 valence electrons. The highest BCUT2D eigenvalue weighted by Gasteiger charge is 2.27. The van der Waals surface area contributed by atoms with Crippen molar-refractivity contribution in [2.24, 2.45) is 11.8 Å². The standard InChI is InChI=1S/C12H27N3O3S/c1-10(18-2)7-12(14-13)8-11-5-4-6-15(9-11)19(3,16)17/h10-12,14H,4-9,13H2,1-3H3. The van der Waals surface area contributed by atoms with Crippen LogP contribution in [-0.4, -0.2) is 51.3 Å². The van der Waals surface area contributed by atoms with Gasteiger partial charge in [-0.05, 0) is 38.5 Å². The van der Waals surface area contributed by atoms with Crippen molar-refractivity contribution in [2.45, 2.75) is 44.8 Å². The molecule has 6 nitrogen and oxygen atoms in total. The van der Waals surface area contributed by atoms with Gasteiger partial charge in [-0.25, -0.2) is 12.7 Å². The molecule has 3 unspecified atom stereocenters. The second kappa shape index (κ2) is 7.54. The molecule has 1 heterocycles. The summed E-state index contributed by atoms with van der Waals surface area (Å²) in [6.45, 7) is 3.26. The lowest BCUT2D eigenvalue weighted by molar-refractivity contribution is 0.0946. The third-order valence-corrected chi connectivity index (χ3v) is 5.09. The summed E-state index contributed by atoms with van der Waals surface area (Å²) in [5, 5.41) is 0. The van der Waals surface area contributed by atoms with Crippen molar-refractivity contribution in [3.05, 3.63) is 0 Å². The van der Waals surface area contributed by atoms with Crippen molar-refractivity contribution in [1.82, 2.24) is 9.73 Å². The van der Waals surface area contributed by atoms with E-state index in [9.17, 15) is 8.42 Å². The second-order valence-electron chi connectivity index (χ2n) is 5.51. The Balaban J connectivity index is 2.50. The summed E-state index contributed by atoms with van der Waals surface area (Å²) in [5.74, 6) is 5.95. The Labute approximate surface area is 116 Å². The topological polar surface area (TPSA) is 84.7 Å². The Bertz CT molecular complexity index is 361. The fourth-order valence-corrected chi connectivity index (χ4v) is 3.59. The molecule has 0 aliphatic carbocycles. The van der Waals surface area contributed by atoms with Gasteiger partial charge in [-0.15, -0.1) is 0 Å². The number of hydrogen-bond acceptors (Lipinski definition) is 5. The minimum absolute atomic E-state index is 0.149. The molecule has 7 heteroatoms. The number of rotatable bonds is 7. The maximum Gasteiger partial charge on any atom is 0.211 e. The zero-order valence-corrected chi connectivity index (χ0v) is 12.9. The average molecular weight is 293 g/mol. The lowest BCUT2D eigenvalue weighted by Crippen LogP contribution is -2.44. The van der Waals surface area contributed by atoms with Crippen LogP contribution >= 0.6 is 0 Å². The number of piperidine rings is 1. The van der Waals surface area contributed by atoms with Crippen LogP contribution in [0, 0.1) is 5.92 Å². The molecule has 0 bridgehead atoms. The van der Waals surface area contributed by atoms with Crippen LogP contribution in [0.3, 0.4) is 0 Å². The molecule has 0 aromatic heterocycles. The highest BCUT2D eigenvalue weighted by Crippen LogP contribution is 2.23. The van der Waals surface area contributed by atoms with Gasteiger partial charge in [0.15, 0.2) is 0 Å². The molecule has 0 amide bonds. The molecule has 0 radical (unpaired) electrons. The highest BCUT2D eigenvalue weighted by molar-refractivity contribution is 7.88. The summed E-state index contributed by atoms with van der Waals surface area (Å²) in [6, 6.07) is 0.166. The summed E-state index contributed by atoms with van der Waals surface area (Å²) < 4.78 is 30.0. The SMILES string of the molecule is COC(C)CC(CC1CCCN(S(C)(=O)=O)C1)NN. The minimum Gasteiger partial charge on any atom is -0.382 e. The van der Waals surface area contributed by atoms with Crippen molar-refractivity contribution >= 4 is 10.0 Å². The molecule has 0 aromatic rings. The number of nitrogens with two attached hydrogens (primary N) is 1. The van der Waals surface area contributed by atoms with E-state index in [0.29, 0.717) is 19.0 Å². The third-order valence-electron chi connectivity index (χ3n) is 3.82. The molecule has 3 atom stereocenters. The van der Waals surface area contributed by atoms with Crippen LogP contribution in [0.25, 0.3) is 0 Å². The molecule has 1 fully saturated rings. The predicted octanol–water partition coefficient (Wildman–Crippen LogP) is 0.305. The molecule has 1 aliphatic heterocycles. The zero-order valence-electron chi connectivity index (χ0n) is 12.1. The van der Waals surface area contributed by atoms with Gasteiger partial charge in [0.05, 0.1) is 12.4 Å². The maximum absolute atomic E-state index is 11.6. The van der Waals surface area contributed by atoms with Gasteiger partial charge in [-0.1, -0.05) is 0 Å². The van der Waals surface area contributed by atoms with E-state index in [4.69, 9.17) is 10.6 Å². The van der Waals surface area contributed by atoms with Crippen LogP contribution in [0.5, 0.6) is 0 Å². The summed E-state index contributed by atoms with van der Waals surface area (Å²) in [6.07, 6.45) is 5.13. The first-order chi connectivity index (χ1) is 8.86. The molecule has 0 saturated carbocycles.